The maximum atomic E-state index is 13.0. The number of aromatic nitrogens is 3. The number of aryl methyl sites for hydroxylation is 1. The van der Waals surface area contributed by atoms with E-state index in [0.29, 0.717) is 47.4 Å². The third-order valence-corrected chi connectivity index (χ3v) is 8.24. The van der Waals surface area contributed by atoms with Crippen LogP contribution in [0.4, 0.5) is 5.82 Å². The van der Waals surface area contributed by atoms with Crippen molar-refractivity contribution < 1.29 is 9.53 Å². The maximum Gasteiger partial charge on any atom is 0.273 e. The molecule has 2 aromatic rings. The van der Waals surface area contributed by atoms with E-state index in [1.807, 2.05) is 13.0 Å². The lowest BCUT2D eigenvalue weighted by Gasteiger charge is -2.30. The molecule has 2 aliphatic rings. The number of carbonyl (C=O) groups is 1. The predicted octanol–water partition coefficient (Wildman–Crippen LogP) is 6.17. The first-order valence-electron chi connectivity index (χ1n) is 13.3. The highest BCUT2D eigenvalue weighted by Crippen LogP contribution is 2.38. The predicted molar refractivity (Wildman–Crippen MR) is 141 cm³/mol. The number of hydrogen-bond donors (Lipinski definition) is 2. The van der Waals surface area contributed by atoms with Crippen LogP contribution in [0, 0.1) is 17.8 Å². The second-order valence-electron chi connectivity index (χ2n) is 10.4. The quantitative estimate of drug-likeness (QED) is 0.451. The zero-order chi connectivity index (χ0) is 24.9. The van der Waals surface area contributed by atoms with Gasteiger partial charge in [-0.25, -0.2) is 4.98 Å². The molecule has 2 heterocycles. The second kappa shape index (κ2) is 11.6. The van der Waals surface area contributed by atoms with E-state index in [1.165, 1.54) is 32.1 Å². The molecule has 2 unspecified atom stereocenters. The summed E-state index contributed by atoms with van der Waals surface area (Å²) in [6.45, 7) is 7.82. The Kier molecular flexibility index (Phi) is 8.58. The molecule has 2 fully saturated rings. The zero-order valence-corrected chi connectivity index (χ0v) is 22.3. The Morgan fingerprint density at radius 3 is 2.60 bits per heavy atom. The summed E-state index contributed by atoms with van der Waals surface area (Å²) in [6, 6.07) is 2.34. The summed E-state index contributed by atoms with van der Waals surface area (Å²) in [4.78, 5) is 17.7. The second-order valence-corrected chi connectivity index (χ2v) is 10.8. The summed E-state index contributed by atoms with van der Waals surface area (Å²) >= 11 is 6.78. The molecule has 4 rings (SSSR count). The number of carbonyl (C=O) groups excluding carboxylic acids is 1. The summed E-state index contributed by atoms with van der Waals surface area (Å²) in [5, 5.41) is 11.6. The van der Waals surface area contributed by atoms with Crippen LogP contribution in [-0.2, 0) is 6.54 Å². The SMILES string of the molecule is CCn1nc(C(=O)NCC2CCC(C)CC2)c(Cl)c1-c1cnc(NC2CCCCC2C)cc1OC. The molecule has 8 heteroatoms. The number of methoxy groups -OCH3 is 1. The number of halogens is 1. The fraction of sp³-hybridized carbons (Fsp3) is 0.667. The highest BCUT2D eigenvalue weighted by molar-refractivity contribution is 6.36. The van der Waals surface area contributed by atoms with Crippen LogP contribution < -0.4 is 15.4 Å². The highest BCUT2D eigenvalue weighted by atomic mass is 35.5. The number of nitrogens with zero attached hydrogens (tertiary/aromatic N) is 3. The summed E-state index contributed by atoms with van der Waals surface area (Å²) in [6.07, 6.45) is 11.5. The Balaban J connectivity index is 1.53. The van der Waals surface area contributed by atoms with Gasteiger partial charge in [0.25, 0.3) is 5.91 Å². The lowest BCUT2D eigenvalue weighted by molar-refractivity contribution is 0.0936. The van der Waals surface area contributed by atoms with Gasteiger partial charge in [0.2, 0.25) is 0 Å². The van der Waals surface area contributed by atoms with Gasteiger partial charge >= 0.3 is 0 Å². The minimum atomic E-state index is -0.224. The first-order chi connectivity index (χ1) is 16.9. The maximum absolute atomic E-state index is 13.0. The number of amides is 1. The summed E-state index contributed by atoms with van der Waals surface area (Å²) in [5.74, 6) is 3.16. The monoisotopic (exact) mass is 501 g/mol. The number of anilines is 1. The molecule has 2 N–H and O–H groups in total. The summed E-state index contributed by atoms with van der Waals surface area (Å²) in [5.41, 5.74) is 1.65. The van der Waals surface area contributed by atoms with Gasteiger partial charge < -0.3 is 15.4 Å². The standard InChI is InChI=1S/C27H40ClN5O2/c1-5-33-26(24(28)25(32-33)27(34)30-15-19-12-10-17(2)11-13-19)20-16-29-23(14-22(20)35-4)31-21-9-7-6-8-18(21)3/h14,16-19,21H,5-13,15H2,1-4H3,(H,29,31)(H,30,34). The molecule has 0 spiro atoms. The van der Waals surface area contributed by atoms with Crippen molar-refractivity contribution in [3.63, 3.8) is 0 Å². The van der Waals surface area contributed by atoms with Crippen LogP contribution >= 0.6 is 11.6 Å². The van der Waals surface area contributed by atoms with Crippen molar-refractivity contribution in [2.75, 3.05) is 19.0 Å². The van der Waals surface area contributed by atoms with Crippen LogP contribution in [0.5, 0.6) is 5.75 Å². The van der Waals surface area contributed by atoms with Gasteiger partial charge in [-0.2, -0.15) is 5.10 Å². The van der Waals surface area contributed by atoms with Crippen molar-refractivity contribution in [3.05, 3.63) is 23.0 Å². The minimum Gasteiger partial charge on any atom is -0.496 e. The van der Waals surface area contributed by atoms with Crippen molar-refractivity contribution in [3.8, 4) is 17.0 Å². The van der Waals surface area contributed by atoms with Crippen LogP contribution in [0.25, 0.3) is 11.3 Å². The van der Waals surface area contributed by atoms with Gasteiger partial charge in [0.15, 0.2) is 5.69 Å². The zero-order valence-electron chi connectivity index (χ0n) is 21.6. The molecular weight excluding hydrogens is 462 g/mol. The van der Waals surface area contributed by atoms with Crippen LogP contribution in [0.1, 0.15) is 82.6 Å². The Hall–Kier alpha value is -2.28. The summed E-state index contributed by atoms with van der Waals surface area (Å²) in [7, 11) is 1.64. The fourth-order valence-electron chi connectivity index (χ4n) is 5.51. The van der Waals surface area contributed by atoms with Crippen molar-refractivity contribution in [2.24, 2.45) is 17.8 Å². The van der Waals surface area contributed by atoms with Crippen molar-refractivity contribution in [1.29, 1.82) is 0 Å². The highest BCUT2D eigenvalue weighted by Gasteiger charge is 2.27. The number of hydrogen-bond acceptors (Lipinski definition) is 5. The van der Waals surface area contributed by atoms with E-state index in [2.05, 4.69) is 34.6 Å². The molecule has 7 nitrogen and oxygen atoms in total. The Labute approximate surface area is 214 Å². The van der Waals surface area contributed by atoms with Gasteiger partial charge in [0.05, 0.1) is 23.4 Å². The molecule has 0 radical (unpaired) electrons. The van der Waals surface area contributed by atoms with Crippen LogP contribution in [-0.4, -0.2) is 40.4 Å². The number of rotatable bonds is 8. The topological polar surface area (TPSA) is 81.1 Å². The average molecular weight is 502 g/mol. The van der Waals surface area contributed by atoms with E-state index in [0.717, 1.165) is 36.6 Å². The number of pyridine rings is 1. The van der Waals surface area contributed by atoms with Crippen LogP contribution in [0.3, 0.4) is 0 Å². The van der Waals surface area contributed by atoms with E-state index in [9.17, 15) is 4.79 Å². The molecular formula is C27H40ClN5O2. The molecule has 2 atom stereocenters. The van der Waals surface area contributed by atoms with Gasteiger partial charge in [-0.05, 0) is 50.4 Å². The van der Waals surface area contributed by atoms with Gasteiger partial charge in [-0.1, -0.05) is 51.1 Å². The smallest absolute Gasteiger partial charge is 0.273 e. The van der Waals surface area contributed by atoms with E-state index < -0.39 is 0 Å². The van der Waals surface area contributed by atoms with Crippen molar-refractivity contribution in [2.45, 2.75) is 84.7 Å². The third kappa shape index (κ3) is 5.93. The first-order valence-corrected chi connectivity index (χ1v) is 13.6. The largest absolute Gasteiger partial charge is 0.496 e. The average Bonchev–Trinajstić information content (AvgIpc) is 3.21. The van der Waals surface area contributed by atoms with Crippen LogP contribution in [0.2, 0.25) is 5.02 Å². The lowest BCUT2D eigenvalue weighted by atomic mass is 9.83. The van der Waals surface area contributed by atoms with Gasteiger partial charge in [-0.15, -0.1) is 0 Å². The van der Waals surface area contributed by atoms with Gasteiger partial charge in [-0.3, -0.25) is 9.48 Å². The lowest BCUT2D eigenvalue weighted by Crippen LogP contribution is -2.31. The summed E-state index contributed by atoms with van der Waals surface area (Å²) < 4.78 is 7.50. The third-order valence-electron chi connectivity index (χ3n) is 7.88. The van der Waals surface area contributed by atoms with E-state index in [1.54, 1.807) is 18.0 Å². The molecule has 0 aromatic carbocycles. The van der Waals surface area contributed by atoms with Crippen molar-refractivity contribution >= 4 is 23.3 Å². The number of nitrogens with one attached hydrogen (secondary N) is 2. The van der Waals surface area contributed by atoms with Crippen LogP contribution in [0.15, 0.2) is 12.3 Å². The molecule has 35 heavy (non-hydrogen) atoms. The van der Waals surface area contributed by atoms with E-state index in [4.69, 9.17) is 16.3 Å². The Morgan fingerprint density at radius 1 is 1.17 bits per heavy atom. The Morgan fingerprint density at radius 2 is 1.91 bits per heavy atom. The molecule has 0 bridgehead atoms. The molecule has 1 amide bonds. The Bertz CT molecular complexity index is 1020. The molecule has 2 aromatic heterocycles. The van der Waals surface area contributed by atoms with E-state index in [-0.39, 0.29) is 11.6 Å². The molecule has 2 aliphatic carbocycles. The van der Waals surface area contributed by atoms with Gasteiger partial charge in [0, 0.05) is 31.4 Å². The van der Waals surface area contributed by atoms with Gasteiger partial charge in [0.1, 0.15) is 11.6 Å². The molecule has 0 saturated heterocycles. The first kappa shape index (κ1) is 25.8. The van der Waals surface area contributed by atoms with Crippen molar-refractivity contribution in [1.82, 2.24) is 20.1 Å². The minimum absolute atomic E-state index is 0.224. The van der Waals surface area contributed by atoms with E-state index >= 15 is 0 Å². The number of ether oxygens (including phenoxy) is 1. The molecule has 2 saturated carbocycles. The normalized spacial score (nSPS) is 24.7. The fourth-order valence-corrected chi connectivity index (χ4v) is 5.83. The molecule has 0 aliphatic heterocycles. The molecule has 192 valence electrons.